The van der Waals surface area contributed by atoms with E-state index in [1.807, 2.05) is 0 Å². The molecular weight excluding hydrogens is 631 g/mol. The molecule has 1 N–H and O–H groups in total. The molecule has 3 aromatic rings. The zero-order valence-corrected chi connectivity index (χ0v) is 24.4. The fourth-order valence-corrected chi connectivity index (χ4v) is 5.75. The van der Waals surface area contributed by atoms with Gasteiger partial charge in [-0.1, -0.05) is 70.7 Å². The number of nitrogens with zero attached hydrogens (tertiary/aromatic N) is 3. The summed E-state index contributed by atoms with van der Waals surface area (Å²) in [5.74, 6) is -2.16. The molecule has 0 spiro atoms. The molecule has 4 rings (SSSR count). The maximum absolute atomic E-state index is 14.0. The molecule has 0 saturated heterocycles. The molecule has 1 aliphatic rings. The van der Waals surface area contributed by atoms with E-state index in [4.69, 9.17) is 34.8 Å². The predicted octanol–water partition coefficient (Wildman–Crippen LogP) is 7.88. The molecule has 1 atom stereocenters. The van der Waals surface area contributed by atoms with Crippen LogP contribution in [0.5, 0.6) is 5.75 Å². The van der Waals surface area contributed by atoms with Gasteiger partial charge in [0, 0.05) is 16.8 Å². The number of halogens is 7. The molecule has 15 heteroatoms. The standard InChI is InChI=1S/C26H23Cl3F4N4O3S/c1-13-22(41-36-35-13)24(39)37(17-11-18(28)21(19(29)12-17)40-26(32,33)25(30)31)20(14-7-9-15(27)10-8-14)23(38)34-16-5-3-2-4-6-16/h7-12,16,20,25H,2-6H2,1H3,(H,34,38). The zero-order valence-electron chi connectivity index (χ0n) is 21.4. The summed E-state index contributed by atoms with van der Waals surface area (Å²) < 4.78 is 60.9. The lowest BCUT2D eigenvalue weighted by atomic mass is 9.94. The number of alkyl halides is 4. The molecule has 7 nitrogen and oxygen atoms in total. The van der Waals surface area contributed by atoms with Crippen LogP contribution in [0.4, 0.5) is 23.2 Å². The van der Waals surface area contributed by atoms with E-state index in [2.05, 4.69) is 19.6 Å². The van der Waals surface area contributed by atoms with E-state index in [0.29, 0.717) is 10.6 Å². The van der Waals surface area contributed by atoms with Gasteiger partial charge in [0.15, 0.2) is 5.75 Å². The number of carbonyl (C=O) groups is 2. The molecule has 220 valence electrons. The topological polar surface area (TPSA) is 84.4 Å². The van der Waals surface area contributed by atoms with Gasteiger partial charge < -0.3 is 10.1 Å². The molecular formula is C26H23Cl3F4N4O3S. The van der Waals surface area contributed by atoms with Crippen molar-refractivity contribution in [2.24, 2.45) is 0 Å². The summed E-state index contributed by atoms with van der Waals surface area (Å²) in [6.07, 6.45) is -4.62. The second kappa shape index (κ2) is 13.1. The third-order valence-electron chi connectivity index (χ3n) is 6.46. The Labute approximate surface area is 251 Å². The van der Waals surface area contributed by atoms with Crippen LogP contribution in [0.1, 0.15) is 59.1 Å². The molecule has 2 amide bonds. The SMILES string of the molecule is Cc1nnsc1C(=O)N(c1cc(Cl)c(OC(F)(F)C(F)F)c(Cl)c1)C(C(=O)NC1CCCCC1)c1ccc(Cl)cc1. The molecule has 1 fully saturated rings. The Balaban J connectivity index is 1.85. The quantitative estimate of drug-likeness (QED) is 0.238. The summed E-state index contributed by atoms with van der Waals surface area (Å²) in [6.45, 7) is 1.55. The van der Waals surface area contributed by atoms with Crippen LogP contribution in [0.25, 0.3) is 0 Å². The van der Waals surface area contributed by atoms with Gasteiger partial charge in [0.1, 0.15) is 10.9 Å². The highest BCUT2D eigenvalue weighted by Crippen LogP contribution is 2.43. The molecule has 1 aromatic heterocycles. The van der Waals surface area contributed by atoms with E-state index in [0.717, 1.165) is 60.7 Å². The summed E-state index contributed by atoms with van der Waals surface area (Å²) in [6, 6.07) is 6.84. The van der Waals surface area contributed by atoms with E-state index < -0.39 is 46.2 Å². The van der Waals surface area contributed by atoms with E-state index in [-0.39, 0.29) is 22.3 Å². The van der Waals surface area contributed by atoms with Crippen LogP contribution in [0.2, 0.25) is 15.1 Å². The summed E-state index contributed by atoms with van der Waals surface area (Å²) in [5.41, 5.74) is 0.550. The number of hydrogen-bond acceptors (Lipinski definition) is 6. The third kappa shape index (κ3) is 7.22. The van der Waals surface area contributed by atoms with Gasteiger partial charge in [0.2, 0.25) is 5.91 Å². The summed E-state index contributed by atoms with van der Waals surface area (Å²) in [7, 11) is 0. The van der Waals surface area contributed by atoms with Gasteiger partial charge in [-0.3, -0.25) is 14.5 Å². The Morgan fingerprint density at radius 2 is 1.68 bits per heavy atom. The number of hydrogen-bond donors (Lipinski definition) is 1. The van der Waals surface area contributed by atoms with Crippen LogP contribution in [-0.4, -0.2) is 40.0 Å². The molecule has 0 aliphatic heterocycles. The fraction of sp³-hybridized carbons (Fsp3) is 0.385. The first kappa shape index (κ1) is 31.3. The van der Waals surface area contributed by atoms with Crippen molar-refractivity contribution in [3.05, 3.63) is 67.6 Å². The predicted molar refractivity (Wildman–Crippen MR) is 149 cm³/mol. The maximum atomic E-state index is 14.0. The molecule has 1 unspecified atom stereocenters. The summed E-state index contributed by atoms with van der Waals surface area (Å²) in [5, 5.41) is 6.09. The highest BCUT2D eigenvalue weighted by molar-refractivity contribution is 7.08. The first-order valence-corrected chi connectivity index (χ1v) is 14.3. The van der Waals surface area contributed by atoms with E-state index >= 15 is 0 Å². The lowest BCUT2D eigenvalue weighted by Gasteiger charge is -2.33. The molecule has 1 aliphatic carbocycles. The minimum Gasteiger partial charge on any atom is -0.425 e. The van der Waals surface area contributed by atoms with Gasteiger partial charge in [0.25, 0.3) is 5.91 Å². The number of benzene rings is 2. The Morgan fingerprint density at radius 3 is 2.22 bits per heavy atom. The highest BCUT2D eigenvalue weighted by atomic mass is 35.5. The zero-order chi connectivity index (χ0) is 29.9. The van der Waals surface area contributed by atoms with Crippen LogP contribution >= 0.6 is 46.3 Å². The maximum Gasteiger partial charge on any atom is 0.461 e. The number of aryl methyl sites for hydroxylation is 1. The Bertz CT molecular complexity index is 1380. The largest absolute Gasteiger partial charge is 0.461 e. The van der Waals surface area contributed by atoms with Crippen LogP contribution < -0.4 is 15.0 Å². The van der Waals surface area contributed by atoms with Crippen molar-refractivity contribution in [3.8, 4) is 5.75 Å². The lowest BCUT2D eigenvalue weighted by Crippen LogP contribution is -2.47. The Kier molecular flexibility index (Phi) is 9.99. The van der Waals surface area contributed by atoms with Crippen LogP contribution in [0.15, 0.2) is 36.4 Å². The highest BCUT2D eigenvalue weighted by Gasteiger charge is 2.45. The van der Waals surface area contributed by atoms with Gasteiger partial charge in [-0.2, -0.15) is 17.6 Å². The van der Waals surface area contributed by atoms with Crippen LogP contribution in [0.3, 0.4) is 0 Å². The van der Waals surface area contributed by atoms with Crippen molar-refractivity contribution in [2.75, 3.05) is 4.90 Å². The van der Waals surface area contributed by atoms with E-state index in [9.17, 15) is 27.2 Å². The molecule has 2 aromatic carbocycles. The number of nitrogens with one attached hydrogen (secondary N) is 1. The molecule has 41 heavy (non-hydrogen) atoms. The number of carbonyl (C=O) groups excluding carboxylic acids is 2. The van der Waals surface area contributed by atoms with Crippen molar-refractivity contribution < 1.29 is 31.9 Å². The minimum absolute atomic E-state index is 0.0891. The van der Waals surface area contributed by atoms with Gasteiger partial charge in [-0.05, 0) is 61.1 Å². The molecule has 1 heterocycles. The smallest absolute Gasteiger partial charge is 0.425 e. The number of amides is 2. The second-order valence-electron chi connectivity index (χ2n) is 9.36. The number of ether oxygens (including phenoxy) is 1. The molecule has 0 bridgehead atoms. The molecule has 1 saturated carbocycles. The average Bonchev–Trinajstić information content (AvgIpc) is 3.35. The second-order valence-corrected chi connectivity index (χ2v) is 11.4. The third-order valence-corrected chi connectivity index (χ3v) is 8.09. The fourth-order valence-electron chi connectivity index (χ4n) is 4.47. The van der Waals surface area contributed by atoms with Crippen molar-refractivity contribution >= 4 is 63.8 Å². The van der Waals surface area contributed by atoms with Crippen molar-refractivity contribution in [3.63, 3.8) is 0 Å². The van der Waals surface area contributed by atoms with Crippen molar-refractivity contribution in [1.29, 1.82) is 0 Å². The number of aromatic nitrogens is 2. The van der Waals surface area contributed by atoms with Crippen LogP contribution in [0, 0.1) is 6.92 Å². The van der Waals surface area contributed by atoms with Gasteiger partial charge in [-0.15, -0.1) is 5.10 Å². The number of anilines is 1. The van der Waals surface area contributed by atoms with Crippen molar-refractivity contribution in [2.45, 2.75) is 63.6 Å². The minimum atomic E-state index is -4.89. The summed E-state index contributed by atoms with van der Waals surface area (Å²) in [4.78, 5) is 29.1. The average molecular weight is 654 g/mol. The van der Waals surface area contributed by atoms with Gasteiger partial charge >= 0.3 is 12.5 Å². The Morgan fingerprint density at radius 1 is 1.07 bits per heavy atom. The Hall–Kier alpha value is -2.67. The van der Waals surface area contributed by atoms with E-state index in [1.165, 1.54) is 0 Å². The normalized spacial score (nSPS) is 15.0. The summed E-state index contributed by atoms with van der Waals surface area (Å²) >= 11 is 19.3. The first-order valence-electron chi connectivity index (χ1n) is 12.4. The lowest BCUT2D eigenvalue weighted by molar-refractivity contribution is -0.253. The van der Waals surface area contributed by atoms with Crippen LogP contribution in [-0.2, 0) is 4.79 Å². The monoisotopic (exact) mass is 652 g/mol. The van der Waals surface area contributed by atoms with E-state index in [1.54, 1.807) is 31.2 Å². The molecule has 0 radical (unpaired) electrons. The first-order chi connectivity index (χ1) is 19.4. The van der Waals surface area contributed by atoms with Gasteiger partial charge in [0.05, 0.1) is 15.7 Å². The number of rotatable bonds is 9. The van der Waals surface area contributed by atoms with Gasteiger partial charge in [-0.25, -0.2) is 0 Å². The van der Waals surface area contributed by atoms with Crippen molar-refractivity contribution in [1.82, 2.24) is 14.9 Å².